The van der Waals surface area contributed by atoms with Crippen LogP contribution in [0, 0.1) is 0 Å². The molecule has 1 amide bonds. The van der Waals surface area contributed by atoms with Crippen LogP contribution in [0.4, 0.5) is 11.4 Å². The molecule has 3 rings (SSSR count). The highest BCUT2D eigenvalue weighted by Crippen LogP contribution is 2.37. The molecule has 1 atom stereocenters. The van der Waals surface area contributed by atoms with Crippen molar-refractivity contribution >= 4 is 40.6 Å². The zero-order valence-electron chi connectivity index (χ0n) is 14.0. The fourth-order valence-corrected chi connectivity index (χ4v) is 4.12. The van der Waals surface area contributed by atoms with Gasteiger partial charge in [-0.15, -0.1) is 11.8 Å². The Kier molecular flexibility index (Phi) is 5.89. The molecule has 0 radical (unpaired) electrons. The molecule has 25 heavy (non-hydrogen) atoms. The van der Waals surface area contributed by atoms with E-state index in [0.717, 1.165) is 22.6 Å². The van der Waals surface area contributed by atoms with Gasteiger partial charge in [0.15, 0.2) is 0 Å². The zero-order valence-corrected chi connectivity index (χ0v) is 15.6. The van der Waals surface area contributed by atoms with Gasteiger partial charge in [0.2, 0.25) is 5.91 Å². The summed E-state index contributed by atoms with van der Waals surface area (Å²) in [7, 11) is 0. The number of nitrogens with one attached hydrogen (secondary N) is 1. The highest BCUT2D eigenvalue weighted by atomic mass is 35.5. The van der Waals surface area contributed by atoms with E-state index in [2.05, 4.69) is 18.3 Å². The topological polar surface area (TPSA) is 52.6 Å². The summed E-state index contributed by atoms with van der Waals surface area (Å²) >= 11 is 7.99. The van der Waals surface area contributed by atoms with Crippen LogP contribution in [0.25, 0.3) is 0 Å². The Morgan fingerprint density at radius 1 is 1.36 bits per heavy atom. The fourth-order valence-electron chi connectivity index (χ4n) is 2.82. The number of thioether (sulfide) groups is 1. The Balaban J connectivity index is 1.75. The van der Waals surface area contributed by atoms with Crippen molar-refractivity contribution in [1.82, 2.24) is 0 Å². The van der Waals surface area contributed by atoms with E-state index in [1.807, 2.05) is 34.9 Å². The second-order valence-corrected chi connectivity index (χ2v) is 7.94. The van der Waals surface area contributed by atoms with Crippen molar-refractivity contribution in [1.29, 1.82) is 0 Å². The average Bonchev–Trinajstić information content (AvgIpc) is 2.79. The van der Waals surface area contributed by atoms with E-state index in [-0.39, 0.29) is 19.1 Å². The van der Waals surface area contributed by atoms with Crippen molar-refractivity contribution < 1.29 is 9.90 Å². The number of aliphatic hydroxyl groups excluding tert-OH is 1. The Morgan fingerprint density at radius 2 is 2.16 bits per heavy atom. The van der Waals surface area contributed by atoms with Gasteiger partial charge in [0.1, 0.15) is 0 Å². The van der Waals surface area contributed by atoms with Gasteiger partial charge in [-0.2, -0.15) is 0 Å². The second-order valence-electron chi connectivity index (χ2n) is 6.06. The van der Waals surface area contributed by atoms with Crippen molar-refractivity contribution in [3.63, 3.8) is 0 Å². The maximum Gasteiger partial charge on any atom is 0.246 e. The third-order valence-electron chi connectivity index (χ3n) is 4.19. The molecular weight excluding hydrogens is 356 g/mol. The highest BCUT2D eigenvalue weighted by molar-refractivity contribution is 8.00. The zero-order chi connectivity index (χ0) is 17.8. The fraction of sp³-hybridized carbons (Fsp3) is 0.316. The van der Waals surface area contributed by atoms with Crippen LogP contribution in [0.1, 0.15) is 18.9 Å². The van der Waals surface area contributed by atoms with Crippen molar-refractivity contribution in [2.75, 3.05) is 23.3 Å². The number of amides is 1. The summed E-state index contributed by atoms with van der Waals surface area (Å²) in [6.07, 6.45) is 0.950. The highest BCUT2D eigenvalue weighted by Gasteiger charge is 2.23. The van der Waals surface area contributed by atoms with E-state index in [4.69, 9.17) is 11.6 Å². The Bertz CT molecular complexity index is 769. The SMILES string of the molecule is C[C@H]1CCN(C(=O)CNc2cc(CO)ccc2Cl)c2ccccc2S1. The third kappa shape index (κ3) is 4.29. The number of nitrogens with zero attached hydrogens (tertiary/aromatic N) is 1. The number of fused-ring (bicyclic) bond motifs is 1. The van der Waals surface area contributed by atoms with Gasteiger partial charge in [-0.1, -0.05) is 36.7 Å². The largest absolute Gasteiger partial charge is 0.392 e. The molecule has 0 aliphatic carbocycles. The molecule has 0 saturated carbocycles. The van der Waals surface area contributed by atoms with Crippen LogP contribution in [0.3, 0.4) is 0 Å². The van der Waals surface area contributed by atoms with Crippen LogP contribution < -0.4 is 10.2 Å². The van der Waals surface area contributed by atoms with Crippen LogP contribution in [0.15, 0.2) is 47.4 Å². The summed E-state index contributed by atoms with van der Waals surface area (Å²) in [6, 6.07) is 13.3. The number of carbonyl (C=O) groups excluding carboxylic acids is 1. The van der Waals surface area contributed by atoms with E-state index in [1.165, 1.54) is 0 Å². The first-order chi connectivity index (χ1) is 12.1. The molecule has 132 valence electrons. The molecule has 1 aliphatic heterocycles. The van der Waals surface area contributed by atoms with Crippen molar-refractivity contribution in [2.45, 2.75) is 30.1 Å². The first kappa shape index (κ1) is 18.1. The maximum absolute atomic E-state index is 12.8. The van der Waals surface area contributed by atoms with Crippen LogP contribution in [0.5, 0.6) is 0 Å². The molecule has 2 N–H and O–H groups in total. The number of rotatable bonds is 4. The molecular formula is C19H21ClN2O2S. The lowest BCUT2D eigenvalue weighted by Gasteiger charge is -2.23. The minimum Gasteiger partial charge on any atom is -0.392 e. The molecule has 0 aromatic heterocycles. The van der Waals surface area contributed by atoms with Gasteiger partial charge >= 0.3 is 0 Å². The van der Waals surface area contributed by atoms with E-state index in [1.54, 1.807) is 18.2 Å². The Labute approximate surface area is 157 Å². The molecule has 0 bridgehead atoms. The van der Waals surface area contributed by atoms with Crippen LogP contribution in [-0.4, -0.2) is 29.4 Å². The lowest BCUT2D eigenvalue weighted by Crippen LogP contribution is -2.36. The van der Waals surface area contributed by atoms with E-state index in [0.29, 0.717) is 22.5 Å². The Morgan fingerprint density at radius 3 is 2.96 bits per heavy atom. The van der Waals surface area contributed by atoms with Gasteiger partial charge in [0.25, 0.3) is 0 Å². The minimum absolute atomic E-state index is 0.00705. The maximum atomic E-state index is 12.8. The molecule has 6 heteroatoms. The summed E-state index contributed by atoms with van der Waals surface area (Å²) in [5.41, 5.74) is 2.39. The van der Waals surface area contributed by atoms with Crippen LogP contribution in [0.2, 0.25) is 5.02 Å². The minimum atomic E-state index is -0.0611. The number of carbonyl (C=O) groups is 1. The van der Waals surface area contributed by atoms with E-state index >= 15 is 0 Å². The van der Waals surface area contributed by atoms with Crippen molar-refractivity contribution in [3.8, 4) is 0 Å². The van der Waals surface area contributed by atoms with Gasteiger partial charge in [-0.3, -0.25) is 4.79 Å². The average molecular weight is 377 g/mol. The molecule has 2 aromatic rings. The summed E-state index contributed by atoms with van der Waals surface area (Å²) in [4.78, 5) is 15.8. The number of anilines is 2. The summed E-state index contributed by atoms with van der Waals surface area (Å²) in [5.74, 6) is 0.00705. The molecule has 1 aliphatic rings. The number of para-hydroxylation sites is 1. The molecule has 1 heterocycles. The van der Waals surface area contributed by atoms with E-state index in [9.17, 15) is 9.90 Å². The lowest BCUT2D eigenvalue weighted by molar-refractivity contribution is -0.117. The summed E-state index contributed by atoms with van der Waals surface area (Å²) < 4.78 is 0. The number of hydrogen-bond donors (Lipinski definition) is 2. The van der Waals surface area contributed by atoms with E-state index < -0.39 is 0 Å². The van der Waals surface area contributed by atoms with Gasteiger partial charge in [-0.05, 0) is 36.2 Å². The molecule has 0 fully saturated rings. The lowest BCUT2D eigenvalue weighted by atomic mass is 10.2. The van der Waals surface area contributed by atoms with Crippen molar-refractivity contribution in [3.05, 3.63) is 53.1 Å². The normalized spacial score (nSPS) is 16.9. The first-order valence-electron chi connectivity index (χ1n) is 8.27. The predicted molar refractivity (Wildman–Crippen MR) is 105 cm³/mol. The second kappa shape index (κ2) is 8.13. The predicted octanol–water partition coefficient (Wildman–Crippen LogP) is 4.16. The summed E-state index contributed by atoms with van der Waals surface area (Å²) in [6.45, 7) is 2.99. The standard InChI is InChI=1S/C19H21ClN2O2S/c1-13-8-9-22(17-4-2-3-5-18(17)25-13)19(24)11-21-16-10-14(12-23)6-7-15(16)20/h2-7,10,13,21,23H,8-9,11-12H2,1H3/t13-/m0/s1. The molecule has 0 spiro atoms. The third-order valence-corrected chi connectivity index (χ3v) is 5.75. The van der Waals surface area contributed by atoms with Crippen LogP contribution in [-0.2, 0) is 11.4 Å². The molecule has 0 saturated heterocycles. The monoisotopic (exact) mass is 376 g/mol. The van der Waals surface area contributed by atoms with Crippen LogP contribution >= 0.6 is 23.4 Å². The molecule has 0 unspecified atom stereocenters. The molecule has 4 nitrogen and oxygen atoms in total. The van der Waals surface area contributed by atoms with Gasteiger partial charge in [-0.25, -0.2) is 0 Å². The molecule has 2 aromatic carbocycles. The smallest absolute Gasteiger partial charge is 0.246 e. The number of aliphatic hydroxyl groups is 1. The van der Waals surface area contributed by atoms with Gasteiger partial charge in [0, 0.05) is 16.7 Å². The quantitative estimate of drug-likeness (QED) is 0.841. The van der Waals surface area contributed by atoms with Gasteiger partial charge < -0.3 is 15.3 Å². The number of halogens is 1. The first-order valence-corrected chi connectivity index (χ1v) is 9.53. The number of hydrogen-bond acceptors (Lipinski definition) is 4. The van der Waals surface area contributed by atoms with Gasteiger partial charge in [0.05, 0.1) is 29.5 Å². The number of benzene rings is 2. The Hall–Kier alpha value is -1.69. The summed E-state index contributed by atoms with van der Waals surface area (Å²) in [5, 5.41) is 13.4. The van der Waals surface area contributed by atoms with Crippen molar-refractivity contribution in [2.24, 2.45) is 0 Å².